The average Bonchev–Trinajstić information content (AvgIpc) is 2.04. The molecule has 1 aromatic rings. The summed E-state index contributed by atoms with van der Waals surface area (Å²) in [5, 5.41) is 0. The van der Waals surface area contributed by atoms with Gasteiger partial charge in [-0.3, -0.25) is 0 Å². The molecule has 13 heavy (non-hydrogen) atoms. The van der Waals surface area contributed by atoms with Gasteiger partial charge in [-0.2, -0.15) is 0 Å². The molecule has 0 heterocycles. The molecule has 0 aromatic heterocycles. The minimum atomic E-state index is -2.52. The Balaban J connectivity index is 0.00000144. The molecule has 0 fully saturated rings. The van der Waals surface area contributed by atoms with Gasteiger partial charge in [0.15, 0.2) is 0 Å². The van der Waals surface area contributed by atoms with Crippen molar-refractivity contribution in [3.63, 3.8) is 0 Å². The van der Waals surface area contributed by atoms with Gasteiger partial charge in [-0.15, -0.1) is 12.4 Å². The topological polar surface area (TPSA) is 26.0 Å². The lowest BCUT2D eigenvalue weighted by molar-refractivity contribution is 0.116. The van der Waals surface area contributed by atoms with Crippen LogP contribution in [0.1, 0.15) is 11.6 Å². The zero-order valence-electron chi connectivity index (χ0n) is 6.58. The van der Waals surface area contributed by atoms with E-state index in [1.54, 1.807) is 24.3 Å². The van der Waals surface area contributed by atoms with Crippen molar-refractivity contribution >= 4 is 28.3 Å². The third-order valence-electron chi connectivity index (χ3n) is 1.54. The van der Waals surface area contributed by atoms with Crippen LogP contribution in [-0.4, -0.2) is 6.43 Å². The van der Waals surface area contributed by atoms with Crippen molar-refractivity contribution in [1.29, 1.82) is 0 Å². The molecule has 0 aliphatic heterocycles. The predicted molar refractivity (Wildman–Crippen MR) is 54.3 cm³/mol. The third-order valence-corrected chi connectivity index (χ3v) is 2.26. The van der Waals surface area contributed by atoms with Crippen molar-refractivity contribution in [2.45, 2.75) is 12.5 Å². The first-order valence-corrected chi connectivity index (χ1v) is 4.20. The Kier molecular flexibility index (Phi) is 5.44. The first-order valence-electron chi connectivity index (χ1n) is 3.41. The molecule has 0 saturated carbocycles. The second kappa shape index (κ2) is 5.52. The molecule has 0 saturated heterocycles. The molecule has 0 amide bonds. The average molecular weight is 273 g/mol. The van der Waals surface area contributed by atoms with E-state index in [4.69, 9.17) is 5.73 Å². The van der Waals surface area contributed by atoms with Crippen LogP contribution in [0.3, 0.4) is 0 Å². The Labute approximate surface area is 89.9 Å². The fourth-order valence-corrected chi connectivity index (χ4v) is 1.43. The van der Waals surface area contributed by atoms with E-state index >= 15 is 0 Å². The summed E-state index contributed by atoms with van der Waals surface area (Å²) in [4.78, 5) is 0. The largest absolute Gasteiger partial charge is 0.319 e. The molecule has 0 aliphatic carbocycles. The predicted octanol–water partition coefficient (Wildman–Crippen LogP) is 3.14. The van der Waals surface area contributed by atoms with Crippen LogP contribution >= 0.6 is 28.3 Å². The third kappa shape index (κ3) is 3.21. The molecule has 0 aliphatic rings. The minimum Gasteiger partial charge on any atom is -0.319 e. The first-order chi connectivity index (χ1) is 5.63. The van der Waals surface area contributed by atoms with Crippen LogP contribution in [-0.2, 0) is 0 Å². The summed E-state index contributed by atoms with van der Waals surface area (Å²) in [5.74, 6) is 0. The van der Waals surface area contributed by atoms with Crippen LogP contribution < -0.4 is 5.73 Å². The lowest BCUT2D eigenvalue weighted by atomic mass is 10.1. The molecule has 2 N–H and O–H groups in total. The lowest BCUT2D eigenvalue weighted by Crippen LogP contribution is -2.19. The highest BCUT2D eigenvalue weighted by molar-refractivity contribution is 9.10. The molecule has 1 nitrogen and oxygen atoms in total. The van der Waals surface area contributed by atoms with Crippen molar-refractivity contribution in [3.8, 4) is 0 Å². The van der Waals surface area contributed by atoms with Gasteiger partial charge in [-0.25, -0.2) is 8.78 Å². The maximum absolute atomic E-state index is 12.1. The van der Waals surface area contributed by atoms with Crippen molar-refractivity contribution in [2.24, 2.45) is 5.73 Å². The smallest absolute Gasteiger partial charge is 0.257 e. The molecule has 1 atom stereocenters. The zero-order valence-corrected chi connectivity index (χ0v) is 8.99. The Bertz CT molecular complexity index is 270. The highest BCUT2D eigenvalue weighted by Gasteiger charge is 2.18. The van der Waals surface area contributed by atoms with Crippen LogP contribution in [0.2, 0.25) is 0 Å². The van der Waals surface area contributed by atoms with Crippen molar-refractivity contribution < 1.29 is 8.78 Å². The van der Waals surface area contributed by atoms with Gasteiger partial charge in [0.25, 0.3) is 6.43 Å². The molecule has 5 heteroatoms. The fraction of sp³-hybridized carbons (Fsp3) is 0.250. The summed E-state index contributed by atoms with van der Waals surface area (Å²) in [5.41, 5.74) is 5.70. The van der Waals surface area contributed by atoms with Gasteiger partial charge in [-0.1, -0.05) is 34.1 Å². The van der Waals surface area contributed by atoms with Crippen LogP contribution in [0.4, 0.5) is 8.78 Å². The van der Waals surface area contributed by atoms with E-state index < -0.39 is 12.5 Å². The van der Waals surface area contributed by atoms with Gasteiger partial charge in [0.2, 0.25) is 0 Å². The molecule has 74 valence electrons. The van der Waals surface area contributed by atoms with Gasteiger partial charge in [-0.05, 0) is 11.6 Å². The van der Waals surface area contributed by atoms with E-state index in [0.717, 1.165) is 0 Å². The highest BCUT2D eigenvalue weighted by Crippen LogP contribution is 2.25. The van der Waals surface area contributed by atoms with Crippen LogP contribution in [0, 0.1) is 0 Å². The SMILES string of the molecule is Cl.N[C@H](c1ccccc1Br)C(F)F. The molecule has 0 radical (unpaired) electrons. The lowest BCUT2D eigenvalue weighted by Gasteiger charge is -2.11. The van der Waals surface area contributed by atoms with Crippen LogP contribution in [0.25, 0.3) is 0 Å². The quantitative estimate of drug-likeness (QED) is 0.879. The molecular weight excluding hydrogens is 263 g/mol. The number of hydrogen-bond acceptors (Lipinski definition) is 1. The Morgan fingerprint density at radius 2 is 1.77 bits per heavy atom. The van der Waals surface area contributed by atoms with E-state index in [9.17, 15) is 8.78 Å². The second-order valence-corrected chi connectivity index (χ2v) is 3.24. The standard InChI is InChI=1S/C8H8BrF2N.ClH/c9-6-4-2-1-3-5(6)7(12)8(10)11;/h1-4,7-8H,12H2;1H/t7-;/m1./s1. The van der Waals surface area contributed by atoms with Crippen molar-refractivity contribution in [3.05, 3.63) is 34.3 Å². The van der Waals surface area contributed by atoms with Crippen LogP contribution in [0.15, 0.2) is 28.7 Å². The first kappa shape index (κ1) is 12.8. The number of nitrogens with two attached hydrogens (primary N) is 1. The van der Waals surface area contributed by atoms with Crippen molar-refractivity contribution in [2.75, 3.05) is 0 Å². The van der Waals surface area contributed by atoms with Crippen LogP contribution in [0.5, 0.6) is 0 Å². The number of rotatable bonds is 2. The Morgan fingerprint density at radius 1 is 1.23 bits per heavy atom. The molecular formula is C8H9BrClF2N. The second-order valence-electron chi connectivity index (χ2n) is 2.38. The van der Waals surface area contributed by atoms with E-state index in [-0.39, 0.29) is 12.4 Å². The van der Waals surface area contributed by atoms with Gasteiger partial charge in [0.1, 0.15) is 0 Å². The number of hydrogen-bond donors (Lipinski definition) is 1. The molecule has 0 spiro atoms. The van der Waals surface area contributed by atoms with Gasteiger partial charge >= 0.3 is 0 Å². The summed E-state index contributed by atoms with van der Waals surface area (Å²) in [6.45, 7) is 0. The number of benzene rings is 1. The maximum atomic E-state index is 12.1. The van der Waals surface area contributed by atoms with E-state index in [2.05, 4.69) is 15.9 Å². The molecule has 0 unspecified atom stereocenters. The number of alkyl halides is 2. The minimum absolute atomic E-state index is 0. The van der Waals surface area contributed by atoms with Gasteiger partial charge in [0, 0.05) is 4.47 Å². The Hall–Kier alpha value is -0.190. The maximum Gasteiger partial charge on any atom is 0.257 e. The number of halogens is 4. The monoisotopic (exact) mass is 271 g/mol. The normalized spacial score (nSPS) is 12.4. The Morgan fingerprint density at radius 3 is 2.23 bits per heavy atom. The summed E-state index contributed by atoms with van der Waals surface area (Å²) in [6.07, 6.45) is -2.52. The van der Waals surface area contributed by atoms with E-state index in [1.807, 2.05) is 0 Å². The summed E-state index contributed by atoms with van der Waals surface area (Å²) in [7, 11) is 0. The fourth-order valence-electron chi connectivity index (χ4n) is 0.881. The summed E-state index contributed by atoms with van der Waals surface area (Å²) in [6, 6.07) is 5.51. The molecule has 1 rings (SSSR count). The highest BCUT2D eigenvalue weighted by atomic mass is 79.9. The summed E-state index contributed by atoms with van der Waals surface area (Å²) >= 11 is 3.15. The van der Waals surface area contributed by atoms with Gasteiger partial charge in [0.05, 0.1) is 6.04 Å². The summed E-state index contributed by atoms with van der Waals surface area (Å²) < 4.78 is 24.9. The van der Waals surface area contributed by atoms with E-state index in [1.165, 1.54) is 0 Å². The van der Waals surface area contributed by atoms with E-state index in [0.29, 0.717) is 10.0 Å². The van der Waals surface area contributed by atoms with Crippen molar-refractivity contribution in [1.82, 2.24) is 0 Å². The molecule has 0 bridgehead atoms. The van der Waals surface area contributed by atoms with Gasteiger partial charge < -0.3 is 5.73 Å². The zero-order chi connectivity index (χ0) is 9.14. The molecule has 1 aromatic carbocycles.